The topological polar surface area (TPSA) is 118 Å². The summed E-state index contributed by atoms with van der Waals surface area (Å²) in [6, 6.07) is 16.4. The van der Waals surface area contributed by atoms with Crippen LogP contribution in [-0.4, -0.2) is 21.8 Å². The maximum absolute atomic E-state index is 12.2. The molecule has 0 heterocycles. The minimum Gasteiger partial charge on any atom is -0.258 e. The summed E-state index contributed by atoms with van der Waals surface area (Å²) in [5.41, 5.74) is 1.69. The number of thiol groups is 2. The van der Waals surface area contributed by atoms with Crippen molar-refractivity contribution in [2.75, 3.05) is 8.61 Å². The molecule has 0 spiro atoms. The third-order valence-corrected chi connectivity index (χ3v) is 6.06. The van der Waals surface area contributed by atoms with Gasteiger partial charge in [-0.05, 0) is 44.2 Å². The van der Waals surface area contributed by atoms with Gasteiger partial charge in [0.1, 0.15) is 0 Å². The Kier molecular flexibility index (Phi) is 6.56. The molecule has 162 valence electrons. The standard InChI is InChI=1S/C20H19N3O6S2/c1-14-3-7-16(8-4-14)21(30(26)27)19-12-11-18(23(24)25)13-20(19)22(31(28)29)17-9-5-15(2)6-10-17/h3-13,30-31H,1-2H3. The van der Waals surface area contributed by atoms with Crippen molar-refractivity contribution in [3.05, 3.63) is 88.0 Å². The second kappa shape index (κ2) is 9.14. The lowest BCUT2D eigenvalue weighted by Crippen LogP contribution is -2.21. The molecule has 0 unspecified atom stereocenters. The first-order valence-corrected chi connectivity index (χ1v) is 11.3. The first-order valence-electron chi connectivity index (χ1n) is 8.99. The van der Waals surface area contributed by atoms with Gasteiger partial charge in [-0.15, -0.1) is 0 Å². The number of non-ortho nitro benzene ring substituents is 1. The van der Waals surface area contributed by atoms with Gasteiger partial charge < -0.3 is 0 Å². The van der Waals surface area contributed by atoms with E-state index in [4.69, 9.17) is 0 Å². The van der Waals surface area contributed by atoms with Crippen molar-refractivity contribution in [3.63, 3.8) is 0 Å². The highest BCUT2D eigenvalue weighted by Crippen LogP contribution is 2.40. The summed E-state index contributed by atoms with van der Waals surface area (Å²) in [6.45, 7) is 3.66. The normalized spacial score (nSPS) is 11.0. The summed E-state index contributed by atoms with van der Waals surface area (Å²) in [4.78, 5) is 10.7. The molecule has 0 aliphatic carbocycles. The number of aryl methyl sites for hydroxylation is 2. The van der Waals surface area contributed by atoms with Crippen molar-refractivity contribution >= 4 is 50.2 Å². The van der Waals surface area contributed by atoms with E-state index in [2.05, 4.69) is 0 Å². The lowest BCUT2D eigenvalue weighted by molar-refractivity contribution is -0.384. The zero-order chi connectivity index (χ0) is 22.7. The third-order valence-electron chi connectivity index (χ3n) is 4.51. The number of hydrogen-bond acceptors (Lipinski definition) is 6. The molecule has 0 saturated heterocycles. The molecule has 0 aromatic heterocycles. The van der Waals surface area contributed by atoms with Crippen molar-refractivity contribution in [1.29, 1.82) is 0 Å². The van der Waals surface area contributed by atoms with Crippen molar-refractivity contribution in [2.45, 2.75) is 13.8 Å². The van der Waals surface area contributed by atoms with E-state index in [0.717, 1.165) is 31.9 Å². The molecule has 3 aromatic carbocycles. The van der Waals surface area contributed by atoms with E-state index in [0.29, 0.717) is 0 Å². The van der Waals surface area contributed by atoms with Crippen LogP contribution in [0.5, 0.6) is 0 Å². The van der Waals surface area contributed by atoms with Crippen molar-refractivity contribution in [3.8, 4) is 0 Å². The van der Waals surface area contributed by atoms with Crippen LogP contribution >= 0.6 is 0 Å². The summed E-state index contributed by atoms with van der Waals surface area (Å²) < 4.78 is 50.6. The van der Waals surface area contributed by atoms with Crippen LogP contribution in [-0.2, 0) is 21.8 Å². The third kappa shape index (κ3) is 4.84. The SMILES string of the molecule is Cc1ccc(N(c2ccc([N+](=O)[O-])cc2N(c2ccc(C)cc2)[SH](=O)=O)[SH](=O)=O)cc1. The molecule has 0 saturated carbocycles. The van der Waals surface area contributed by atoms with E-state index in [1.807, 2.05) is 13.8 Å². The first kappa shape index (κ1) is 22.2. The zero-order valence-corrected chi connectivity index (χ0v) is 18.3. The smallest absolute Gasteiger partial charge is 0.258 e. The fourth-order valence-corrected chi connectivity index (χ4v) is 4.31. The minimum atomic E-state index is -3.30. The van der Waals surface area contributed by atoms with Gasteiger partial charge in [-0.1, -0.05) is 35.4 Å². The molecule has 3 aromatic rings. The lowest BCUT2D eigenvalue weighted by atomic mass is 10.2. The maximum atomic E-state index is 12.2. The highest BCUT2D eigenvalue weighted by atomic mass is 32.2. The van der Waals surface area contributed by atoms with Gasteiger partial charge in [0, 0.05) is 12.1 Å². The molecule has 0 N–H and O–H groups in total. The number of hydrogen-bond donors (Lipinski definition) is 2. The van der Waals surface area contributed by atoms with Gasteiger partial charge in [-0.2, -0.15) is 0 Å². The van der Waals surface area contributed by atoms with E-state index in [9.17, 15) is 26.9 Å². The molecular formula is C20H19N3O6S2. The van der Waals surface area contributed by atoms with Gasteiger partial charge in [0.05, 0.1) is 27.7 Å². The fraction of sp³-hybridized carbons (Fsp3) is 0.100. The Morgan fingerprint density at radius 2 is 1.10 bits per heavy atom. The van der Waals surface area contributed by atoms with Crippen LogP contribution in [0.2, 0.25) is 0 Å². The first-order chi connectivity index (χ1) is 14.7. The Morgan fingerprint density at radius 1 is 0.677 bits per heavy atom. The second-order valence-corrected chi connectivity index (χ2v) is 8.45. The van der Waals surface area contributed by atoms with E-state index < -0.39 is 26.7 Å². The fourth-order valence-electron chi connectivity index (χ4n) is 2.99. The molecule has 11 heteroatoms. The summed E-state index contributed by atoms with van der Waals surface area (Å²) in [6.07, 6.45) is 0. The van der Waals surface area contributed by atoms with Crippen LogP contribution in [0.15, 0.2) is 66.7 Å². The maximum Gasteiger partial charge on any atom is 0.271 e. The van der Waals surface area contributed by atoms with E-state index in [1.165, 1.54) is 18.2 Å². The Bertz CT molecular complexity index is 1250. The van der Waals surface area contributed by atoms with Crippen LogP contribution in [0.25, 0.3) is 0 Å². The minimum absolute atomic E-state index is 0.0367. The molecule has 0 fully saturated rings. The highest BCUT2D eigenvalue weighted by molar-refractivity contribution is 7.75. The molecule has 0 bridgehead atoms. The number of anilines is 4. The summed E-state index contributed by atoms with van der Waals surface area (Å²) in [5, 5.41) is 11.4. The number of nitrogens with zero attached hydrogens (tertiary/aromatic N) is 3. The molecule has 31 heavy (non-hydrogen) atoms. The number of nitro groups is 1. The average molecular weight is 462 g/mol. The molecule has 9 nitrogen and oxygen atoms in total. The van der Waals surface area contributed by atoms with E-state index in [-0.39, 0.29) is 28.4 Å². The molecule has 3 rings (SSSR count). The predicted molar refractivity (Wildman–Crippen MR) is 120 cm³/mol. The summed E-state index contributed by atoms with van der Waals surface area (Å²) in [7, 11) is -6.55. The Hall–Kier alpha value is -3.44. The van der Waals surface area contributed by atoms with E-state index >= 15 is 0 Å². The van der Waals surface area contributed by atoms with Gasteiger partial charge in [-0.25, -0.2) is 25.4 Å². The van der Waals surface area contributed by atoms with Gasteiger partial charge in [0.15, 0.2) is 0 Å². The molecule has 0 aliphatic rings. The number of benzene rings is 3. The summed E-state index contributed by atoms with van der Waals surface area (Å²) in [5.74, 6) is 0. The zero-order valence-electron chi connectivity index (χ0n) is 16.5. The Balaban J connectivity index is 2.30. The monoisotopic (exact) mass is 461 g/mol. The number of nitro benzene ring substituents is 1. The van der Waals surface area contributed by atoms with Crippen LogP contribution in [0.3, 0.4) is 0 Å². The predicted octanol–water partition coefficient (Wildman–Crippen LogP) is 3.54. The quantitative estimate of drug-likeness (QED) is 0.316. The highest BCUT2D eigenvalue weighted by Gasteiger charge is 2.25. The molecule has 0 atom stereocenters. The molecule has 0 aliphatic heterocycles. The van der Waals surface area contributed by atoms with Crippen molar-refractivity contribution in [2.24, 2.45) is 0 Å². The lowest BCUT2D eigenvalue weighted by Gasteiger charge is -2.26. The van der Waals surface area contributed by atoms with Crippen LogP contribution in [0, 0.1) is 24.0 Å². The van der Waals surface area contributed by atoms with Crippen LogP contribution in [0.4, 0.5) is 28.4 Å². The van der Waals surface area contributed by atoms with Crippen LogP contribution in [0.1, 0.15) is 11.1 Å². The average Bonchev–Trinajstić information content (AvgIpc) is 2.71. The Morgan fingerprint density at radius 3 is 1.48 bits per heavy atom. The molecular weight excluding hydrogens is 442 g/mol. The van der Waals surface area contributed by atoms with Crippen molar-refractivity contribution in [1.82, 2.24) is 0 Å². The molecule has 0 radical (unpaired) electrons. The largest absolute Gasteiger partial charge is 0.271 e. The van der Waals surface area contributed by atoms with Gasteiger partial charge >= 0.3 is 0 Å². The van der Waals surface area contributed by atoms with Gasteiger partial charge in [-0.3, -0.25) is 10.1 Å². The van der Waals surface area contributed by atoms with Crippen LogP contribution < -0.4 is 8.61 Å². The summed E-state index contributed by atoms with van der Waals surface area (Å²) >= 11 is 0. The van der Waals surface area contributed by atoms with Gasteiger partial charge in [0.2, 0.25) is 21.8 Å². The Labute approximate surface area is 182 Å². The molecule has 0 amide bonds. The second-order valence-electron chi connectivity index (χ2n) is 6.70. The number of rotatable bonds is 7. The van der Waals surface area contributed by atoms with Crippen molar-refractivity contribution < 1.29 is 21.8 Å². The van der Waals surface area contributed by atoms with E-state index in [1.54, 1.807) is 36.4 Å². The van der Waals surface area contributed by atoms with Gasteiger partial charge in [0.25, 0.3) is 5.69 Å².